The lowest BCUT2D eigenvalue weighted by molar-refractivity contribution is -0.180. The highest BCUT2D eigenvalue weighted by molar-refractivity contribution is 6.13. The van der Waals surface area contributed by atoms with E-state index in [4.69, 9.17) is 4.74 Å². The van der Waals surface area contributed by atoms with Gasteiger partial charge in [0.25, 0.3) is 5.91 Å². The van der Waals surface area contributed by atoms with Crippen molar-refractivity contribution in [3.8, 4) is 5.75 Å². The summed E-state index contributed by atoms with van der Waals surface area (Å²) in [6.45, 7) is 5.15. The van der Waals surface area contributed by atoms with E-state index in [1.807, 2.05) is 6.08 Å². The van der Waals surface area contributed by atoms with E-state index in [9.17, 15) is 32.7 Å². The molecule has 1 spiro atoms. The number of nitrogens with one attached hydrogen (secondary N) is 1. The van der Waals surface area contributed by atoms with Crippen LogP contribution in [0, 0.1) is 23.7 Å². The number of carbonyl (C=O) groups excluding carboxylic acids is 3. The number of rotatable bonds is 4. The molecule has 45 heavy (non-hydrogen) atoms. The van der Waals surface area contributed by atoms with Crippen LogP contribution in [0.4, 0.5) is 24.8 Å². The molecule has 4 saturated carbocycles. The number of allylic oxidation sites excluding steroid dienone is 1. The number of hydrogen-bond donors (Lipinski definition) is 2. The maximum Gasteiger partial charge on any atom is 0.434 e. The summed E-state index contributed by atoms with van der Waals surface area (Å²) in [4.78, 5) is 50.5. The summed E-state index contributed by atoms with van der Waals surface area (Å²) < 4.78 is 49.8. The SMILES string of the molecule is CC(C)(C)OC(=O)C1(NC(=O)c2cnc(N3C(=O)C4(C=CCC4)c4cc(O)ccc43)nc2C(F)(F)F)C2CC3CC(C2)CC1C3. The minimum Gasteiger partial charge on any atom is -0.508 e. The summed E-state index contributed by atoms with van der Waals surface area (Å²) in [6, 6.07) is 4.21. The fourth-order valence-corrected chi connectivity index (χ4v) is 8.78. The van der Waals surface area contributed by atoms with E-state index in [0.29, 0.717) is 55.9 Å². The minimum atomic E-state index is -5.08. The van der Waals surface area contributed by atoms with Crippen LogP contribution < -0.4 is 10.2 Å². The number of anilines is 2. The number of fused-ring (bicyclic) bond motifs is 2. The van der Waals surface area contributed by atoms with Gasteiger partial charge >= 0.3 is 12.1 Å². The summed E-state index contributed by atoms with van der Waals surface area (Å²) in [5, 5.41) is 12.9. The van der Waals surface area contributed by atoms with E-state index >= 15 is 0 Å². The summed E-state index contributed by atoms with van der Waals surface area (Å²) in [6.07, 6.45) is 3.98. The van der Waals surface area contributed by atoms with Crippen molar-refractivity contribution in [3.05, 3.63) is 53.4 Å². The van der Waals surface area contributed by atoms with Crippen LogP contribution >= 0.6 is 0 Å². The maximum absolute atomic E-state index is 14.6. The van der Waals surface area contributed by atoms with E-state index < -0.39 is 57.7 Å². The quantitative estimate of drug-likeness (QED) is 0.329. The predicted molar refractivity (Wildman–Crippen MR) is 155 cm³/mol. The molecule has 4 fully saturated rings. The lowest BCUT2D eigenvalue weighted by Gasteiger charge is -2.59. The molecule has 5 aliphatic carbocycles. The van der Waals surface area contributed by atoms with Gasteiger partial charge in [-0.15, -0.1) is 0 Å². The zero-order chi connectivity index (χ0) is 32.1. The van der Waals surface area contributed by atoms with Crippen LogP contribution in [0.1, 0.15) is 87.3 Å². The van der Waals surface area contributed by atoms with Gasteiger partial charge in [-0.3, -0.25) is 9.59 Å². The molecule has 1 aromatic heterocycles. The topological polar surface area (TPSA) is 122 Å². The van der Waals surface area contributed by atoms with Crippen molar-refractivity contribution in [1.29, 1.82) is 0 Å². The number of phenols is 1. The minimum absolute atomic E-state index is 0.0873. The molecule has 1 atom stereocenters. The molecule has 2 aromatic rings. The van der Waals surface area contributed by atoms with Crippen molar-refractivity contribution < 1.29 is 37.4 Å². The second-order valence-electron chi connectivity index (χ2n) is 14.3. The summed E-state index contributed by atoms with van der Waals surface area (Å²) in [7, 11) is 0. The Bertz CT molecular complexity index is 1620. The van der Waals surface area contributed by atoms with Crippen molar-refractivity contribution in [2.45, 2.75) is 88.4 Å². The average molecular weight is 625 g/mol. The Morgan fingerprint density at radius 2 is 1.73 bits per heavy atom. The normalized spacial score (nSPS) is 31.5. The molecule has 4 bridgehead atoms. The van der Waals surface area contributed by atoms with E-state index in [-0.39, 0.29) is 23.3 Å². The van der Waals surface area contributed by atoms with Crippen LogP contribution in [0.25, 0.3) is 0 Å². The number of hydrogen-bond acceptors (Lipinski definition) is 7. The van der Waals surface area contributed by atoms with Gasteiger partial charge in [0.05, 0.1) is 16.7 Å². The van der Waals surface area contributed by atoms with Gasteiger partial charge in [-0.05, 0) is 113 Å². The highest BCUT2D eigenvalue weighted by atomic mass is 19.4. The lowest BCUT2D eigenvalue weighted by Crippen LogP contribution is -2.71. The Morgan fingerprint density at radius 3 is 2.31 bits per heavy atom. The molecule has 0 radical (unpaired) electrons. The van der Waals surface area contributed by atoms with Crippen molar-refractivity contribution in [2.75, 3.05) is 4.90 Å². The molecule has 12 heteroatoms. The molecule has 8 rings (SSSR count). The number of ether oxygens (including phenoxy) is 1. The molecular formula is C33H35F3N4O5. The molecule has 2 amide bonds. The zero-order valence-electron chi connectivity index (χ0n) is 25.3. The number of aromatic hydroxyl groups is 1. The van der Waals surface area contributed by atoms with E-state index in [2.05, 4.69) is 15.3 Å². The summed E-state index contributed by atoms with van der Waals surface area (Å²) in [5.41, 5.74) is -5.14. The summed E-state index contributed by atoms with van der Waals surface area (Å²) >= 11 is 0. The first-order valence-corrected chi connectivity index (χ1v) is 15.5. The van der Waals surface area contributed by atoms with Gasteiger partial charge in [0, 0.05) is 6.20 Å². The second-order valence-corrected chi connectivity index (χ2v) is 14.3. The number of aromatic nitrogens is 2. The maximum atomic E-state index is 14.6. The van der Waals surface area contributed by atoms with E-state index in [0.717, 1.165) is 17.5 Å². The first kappa shape index (κ1) is 29.7. The Labute approximate surface area is 258 Å². The largest absolute Gasteiger partial charge is 0.508 e. The third-order valence-electron chi connectivity index (χ3n) is 10.4. The molecule has 1 aliphatic heterocycles. The number of carbonyl (C=O) groups is 3. The van der Waals surface area contributed by atoms with Crippen LogP contribution in [-0.2, 0) is 25.9 Å². The van der Waals surface area contributed by atoms with Crippen LogP contribution in [0.15, 0.2) is 36.5 Å². The Kier molecular flexibility index (Phi) is 6.45. The van der Waals surface area contributed by atoms with E-state index in [1.165, 1.54) is 18.2 Å². The molecule has 6 aliphatic rings. The van der Waals surface area contributed by atoms with Gasteiger partial charge in [0.2, 0.25) is 11.9 Å². The molecule has 2 N–H and O–H groups in total. The number of halogens is 3. The number of benzene rings is 1. The number of alkyl halides is 3. The van der Waals surface area contributed by atoms with Crippen LogP contribution in [0.5, 0.6) is 5.75 Å². The molecule has 9 nitrogen and oxygen atoms in total. The first-order valence-electron chi connectivity index (χ1n) is 15.5. The van der Waals surface area contributed by atoms with Gasteiger partial charge in [-0.2, -0.15) is 13.2 Å². The third-order valence-corrected chi connectivity index (χ3v) is 10.4. The Balaban J connectivity index is 1.28. The molecule has 1 unspecified atom stereocenters. The van der Waals surface area contributed by atoms with Crippen molar-refractivity contribution in [3.63, 3.8) is 0 Å². The molecule has 0 saturated heterocycles. The fraction of sp³-hybridized carbons (Fsp3) is 0.545. The van der Waals surface area contributed by atoms with E-state index in [1.54, 1.807) is 26.8 Å². The van der Waals surface area contributed by atoms with Gasteiger partial charge in [-0.25, -0.2) is 19.7 Å². The Hall–Kier alpha value is -3.96. The monoisotopic (exact) mass is 624 g/mol. The second kappa shape index (κ2) is 9.77. The van der Waals surface area contributed by atoms with Crippen molar-refractivity contribution in [1.82, 2.24) is 15.3 Å². The highest BCUT2D eigenvalue weighted by Crippen LogP contribution is 2.59. The van der Waals surface area contributed by atoms with Gasteiger partial charge < -0.3 is 15.2 Å². The predicted octanol–water partition coefficient (Wildman–Crippen LogP) is 5.73. The lowest BCUT2D eigenvalue weighted by atomic mass is 9.48. The number of amides is 2. The smallest absolute Gasteiger partial charge is 0.434 e. The first-order chi connectivity index (χ1) is 21.1. The highest BCUT2D eigenvalue weighted by Gasteiger charge is 2.63. The van der Waals surface area contributed by atoms with Gasteiger partial charge in [-0.1, -0.05) is 12.2 Å². The van der Waals surface area contributed by atoms with Crippen LogP contribution in [0.2, 0.25) is 0 Å². The molecule has 2 heterocycles. The zero-order valence-corrected chi connectivity index (χ0v) is 25.3. The number of phenolic OH excluding ortho intramolecular Hbond substituents is 1. The number of esters is 1. The molecule has 238 valence electrons. The van der Waals surface area contributed by atoms with Gasteiger partial charge in [0.15, 0.2) is 5.69 Å². The van der Waals surface area contributed by atoms with Crippen LogP contribution in [0.3, 0.4) is 0 Å². The Morgan fingerprint density at radius 1 is 1.07 bits per heavy atom. The van der Waals surface area contributed by atoms with Crippen LogP contribution in [-0.4, -0.2) is 44.0 Å². The van der Waals surface area contributed by atoms with Crippen molar-refractivity contribution >= 4 is 29.4 Å². The average Bonchev–Trinajstić information content (AvgIpc) is 3.53. The molecule has 1 aromatic carbocycles. The molecular weight excluding hydrogens is 589 g/mol. The summed E-state index contributed by atoms with van der Waals surface area (Å²) in [5.74, 6) is -2.59. The van der Waals surface area contributed by atoms with Crippen molar-refractivity contribution in [2.24, 2.45) is 23.7 Å². The number of nitrogens with zero attached hydrogens (tertiary/aromatic N) is 3. The third kappa shape index (κ3) is 4.53. The standard InChI is InChI=1S/C33H35F3N4O5/c1-30(2,3)45-28(44)32(19-11-17-10-18(13-19)14-20(32)12-17)39-26(42)22-16-37-29(38-25(22)33(34,35)36)40-24-7-6-21(41)15-23(24)31(27(40)43)8-4-5-9-31/h4,6-8,15-20,41H,5,9-14H2,1-3H3,(H,39,42). The van der Waals surface area contributed by atoms with Gasteiger partial charge in [0.1, 0.15) is 16.9 Å². The fourth-order valence-electron chi connectivity index (χ4n) is 8.78.